The van der Waals surface area contributed by atoms with E-state index < -0.39 is 0 Å². The number of fused-ring (bicyclic) bond motifs is 4. The highest BCUT2D eigenvalue weighted by atomic mass is 32.1. The smallest absolute Gasteiger partial charge is 0.271 e. The van der Waals surface area contributed by atoms with Crippen LogP contribution < -0.4 is 19.6 Å². The van der Waals surface area contributed by atoms with Crippen LogP contribution in [-0.4, -0.2) is 4.57 Å². The number of hydrogen-bond acceptors (Lipinski definition) is 5. The summed E-state index contributed by atoms with van der Waals surface area (Å²) in [6, 6.07) is 35.2. The maximum absolute atomic E-state index is 14.0. The van der Waals surface area contributed by atoms with Crippen LogP contribution in [0.5, 0.6) is 5.75 Å². The molecule has 0 bridgehead atoms. The third-order valence-electron chi connectivity index (χ3n) is 8.12. The monoisotopic (exact) mass is 582 g/mol. The highest BCUT2D eigenvalue weighted by molar-refractivity contribution is 7.10. The molecule has 8 rings (SSSR count). The van der Waals surface area contributed by atoms with Crippen molar-refractivity contribution in [3.63, 3.8) is 0 Å². The third kappa shape index (κ3) is 4.35. The number of thiophene rings is 1. The summed E-state index contributed by atoms with van der Waals surface area (Å²) >= 11 is 3.16. The first kappa shape index (κ1) is 25.2. The Morgan fingerprint density at radius 2 is 1.76 bits per heavy atom. The van der Waals surface area contributed by atoms with E-state index in [0.29, 0.717) is 11.1 Å². The number of rotatable bonds is 5. The zero-order chi connectivity index (χ0) is 28.0. The number of hydrogen-bond donors (Lipinski definition) is 0. The number of aryl methyl sites for hydroxylation is 1. The van der Waals surface area contributed by atoms with Gasteiger partial charge in [0.1, 0.15) is 12.4 Å². The molecule has 4 nitrogen and oxygen atoms in total. The van der Waals surface area contributed by atoms with Crippen LogP contribution >= 0.6 is 22.7 Å². The topological polar surface area (TPSA) is 43.6 Å². The fraction of sp³-hybridized carbons (Fsp3) is 0.111. The van der Waals surface area contributed by atoms with Gasteiger partial charge < -0.3 is 4.74 Å². The van der Waals surface area contributed by atoms with Gasteiger partial charge in [-0.1, -0.05) is 96.3 Å². The maximum Gasteiger partial charge on any atom is 0.271 e. The largest absolute Gasteiger partial charge is 0.489 e. The van der Waals surface area contributed by atoms with Gasteiger partial charge in [-0.05, 0) is 75.5 Å². The Kier molecular flexibility index (Phi) is 6.24. The molecule has 4 aromatic carbocycles. The number of nitrogens with zero attached hydrogens (tertiary/aromatic N) is 2. The third-order valence-corrected chi connectivity index (χ3v) is 10.0. The summed E-state index contributed by atoms with van der Waals surface area (Å²) in [5.74, 6) is 0.771. The average Bonchev–Trinajstić information content (AvgIpc) is 3.67. The molecule has 6 aromatic rings. The fourth-order valence-electron chi connectivity index (χ4n) is 6.14. The van der Waals surface area contributed by atoms with Crippen molar-refractivity contribution in [2.75, 3.05) is 0 Å². The zero-order valence-electron chi connectivity index (χ0n) is 22.7. The molecule has 1 unspecified atom stereocenters. The molecule has 0 saturated carbocycles. The minimum absolute atomic E-state index is 0.00429. The van der Waals surface area contributed by atoms with E-state index in [1.54, 1.807) is 11.3 Å². The molecule has 0 N–H and O–H groups in total. The zero-order valence-corrected chi connectivity index (χ0v) is 24.3. The van der Waals surface area contributed by atoms with Crippen LogP contribution in [0.1, 0.15) is 39.6 Å². The van der Waals surface area contributed by atoms with Gasteiger partial charge in [-0.15, -0.1) is 11.3 Å². The van der Waals surface area contributed by atoms with Gasteiger partial charge in [0.15, 0.2) is 4.80 Å². The van der Waals surface area contributed by atoms with Crippen molar-refractivity contribution in [1.29, 1.82) is 0 Å². The van der Waals surface area contributed by atoms with Gasteiger partial charge in [-0.2, -0.15) is 0 Å². The molecule has 0 amide bonds. The van der Waals surface area contributed by atoms with Crippen LogP contribution in [-0.2, 0) is 13.0 Å². The summed E-state index contributed by atoms with van der Waals surface area (Å²) in [5.41, 5.74) is 6.86. The Hall–Kier alpha value is -4.52. The van der Waals surface area contributed by atoms with Gasteiger partial charge in [-0.3, -0.25) is 9.36 Å². The second kappa shape index (κ2) is 10.4. The van der Waals surface area contributed by atoms with Crippen LogP contribution in [0.4, 0.5) is 0 Å². The molecule has 42 heavy (non-hydrogen) atoms. The van der Waals surface area contributed by atoms with Crippen molar-refractivity contribution in [1.82, 2.24) is 4.57 Å². The lowest BCUT2D eigenvalue weighted by molar-refractivity contribution is 0.307. The number of ether oxygens (including phenoxy) is 1. The van der Waals surface area contributed by atoms with Crippen LogP contribution in [0, 0.1) is 0 Å². The van der Waals surface area contributed by atoms with E-state index >= 15 is 0 Å². The van der Waals surface area contributed by atoms with Gasteiger partial charge in [0, 0.05) is 10.4 Å². The summed E-state index contributed by atoms with van der Waals surface area (Å²) in [5, 5.41) is 4.49. The van der Waals surface area contributed by atoms with Crippen molar-refractivity contribution in [3.8, 4) is 5.75 Å². The molecule has 0 fully saturated rings. The summed E-state index contributed by atoms with van der Waals surface area (Å²) in [6.45, 7) is 0.473. The molecule has 0 radical (unpaired) electrons. The molecular weight excluding hydrogens is 557 g/mol. The first-order valence-corrected chi connectivity index (χ1v) is 15.8. The quantitative estimate of drug-likeness (QED) is 0.217. The molecule has 0 saturated heterocycles. The fourth-order valence-corrected chi connectivity index (χ4v) is 7.99. The van der Waals surface area contributed by atoms with Crippen molar-refractivity contribution in [2.24, 2.45) is 4.99 Å². The van der Waals surface area contributed by atoms with E-state index in [1.807, 2.05) is 34.9 Å². The Labute approximate surface area is 250 Å². The predicted molar refractivity (Wildman–Crippen MR) is 172 cm³/mol. The molecule has 2 aromatic heterocycles. The van der Waals surface area contributed by atoms with E-state index in [2.05, 4.69) is 84.2 Å². The summed E-state index contributed by atoms with van der Waals surface area (Å²) in [4.78, 5) is 21.0. The minimum Gasteiger partial charge on any atom is -0.489 e. The maximum atomic E-state index is 14.0. The molecule has 1 aliphatic carbocycles. The van der Waals surface area contributed by atoms with Gasteiger partial charge in [-0.25, -0.2) is 4.99 Å². The van der Waals surface area contributed by atoms with Gasteiger partial charge in [0.05, 0.1) is 16.3 Å². The SMILES string of the molecule is O=c1c(=Cc2cccc(OCc3cccc4ccccc34)c2)sc2n1C(c1cccs1)C1=C(N=2)c2ccccc2CC1. The lowest BCUT2D eigenvalue weighted by atomic mass is 9.85. The van der Waals surface area contributed by atoms with Gasteiger partial charge in [0.2, 0.25) is 0 Å². The van der Waals surface area contributed by atoms with Crippen LogP contribution in [0.25, 0.3) is 22.5 Å². The Morgan fingerprint density at radius 3 is 2.69 bits per heavy atom. The van der Waals surface area contributed by atoms with Crippen molar-refractivity contribution in [3.05, 3.63) is 161 Å². The molecular formula is C36H26N2O2S2. The lowest BCUT2D eigenvalue weighted by Gasteiger charge is -2.30. The summed E-state index contributed by atoms with van der Waals surface area (Å²) in [6.07, 6.45) is 3.83. The summed E-state index contributed by atoms with van der Waals surface area (Å²) < 4.78 is 8.82. The minimum atomic E-state index is -0.123. The van der Waals surface area contributed by atoms with Gasteiger partial charge >= 0.3 is 0 Å². The molecule has 2 aliphatic rings. The van der Waals surface area contributed by atoms with E-state index in [1.165, 1.54) is 43.7 Å². The van der Waals surface area contributed by atoms with Crippen LogP contribution in [0.15, 0.2) is 124 Å². The molecule has 1 aliphatic heterocycles. The van der Waals surface area contributed by atoms with E-state index in [0.717, 1.165) is 40.2 Å². The molecule has 3 heterocycles. The van der Waals surface area contributed by atoms with Crippen molar-refractivity contribution in [2.45, 2.75) is 25.5 Å². The highest BCUT2D eigenvalue weighted by Crippen LogP contribution is 2.42. The Balaban J connectivity index is 1.18. The van der Waals surface area contributed by atoms with E-state index in [4.69, 9.17) is 9.73 Å². The van der Waals surface area contributed by atoms with Gasteiger partial charge in [0.25, 0.3) is 5.56 Å². The summed E-state index contributed by atoms with van der Waals surface area (Å²) in [7, 11) is 0. The van der Waals surface area contributed by atoms with Crippen molar-refractivity contribution < 1.29 is 4.74 Å². The van der Waals surface area contributed by atoms with Crippen molar-refractivity contribution >= 4 is 45.2 Å². The second-order valence-electron chi connectivity index (χ2n) is 10.6. The number of thiazole rings is 1. The first-order valence-electron chi connectivity index (χ1n) is 14.1. The molecule has 0 spiro atoms. The predicted octanol–water partition coefficient (Wildman–Crippen LogP) is 7.11. The highest BCUT2D eigenvalue weighted by Gasteiger charge is 2.33. The second-order valence-corrected chi connectivity index (χ2v) is 12.6. The standard InChI is InChI=1S/C36H26N2O2S2/c39-35-32(21-23-8-5-13-27(20-23)40-22-26-12-6-11-24-9-1-3-14-28(24)26)42-36-37-33-29-15-4-2-10-25(29)17-18-30(33)34(38(35)36)31-16-7-19-41-31/h1-16,19-21,34H,17-18,22H2. The molecule has 6 heteroatoms. The number of benzene rings is 4. The average molecular weight is 583 g/mol. The lowest BCUT2D eigenvalue weighted by Crippen LogP contribution is -2.38. The number of aromatic nitrogens is 1. The first-order chi connectivity index (χ1) is 20.7. The normalized spacial score (nSPS) is 16.1. The molecule has 204 valence electrons. The molecule has 1 atom stereocenters. The Bertz CT molecular complexity index is 2180. The Morgan fingerprint density at radius 1 is 0.905 bits per heavy atom. The van der Waals surface area contributed by atoms with Crippen LogP contribution in [0.3, 0.4) is 0 Å². The van der Waals surface area contributed by atoms with E-state index in [9.17, 15) is 4.79 Å². The van der Waals surface area contributed by atoms with E-state index in [-0.39, 0.29) is 11.6 Å². The number of allylic oxidation sites excluding steroid dienone is 1. The van der Waals surface area contributed by atoms with Crippen LogP contribution in [0.2, 0.25) is 0 Å².